The maximum Gasteiger partial charge on any atom is 0.197 e. The molecule has 1 aromatic heterocycles. The van der Waals surface area contributed by atoms with Crippen LogP contribution in [0.15, 0.2) is 11.4 Å². The molecule has 0 aromatic carbocycles. The maximum absolute atomic E-state index is 5.95. The van der Waals surface area contributed by atoms with Gasteiger partial charge in [-0.15, -0.1) is 11.3 Å². The first-order valence-electron chi connectivity index (χ1n) is 5.70. The topological polar surface area (TPSA) is 33.7 Å². The number of nitrogens with one attached hydrogen (secondary N) is 1. The Hall–Kier alpha value is -0.780. The van der Waals surface area contributed by atoms with Gasteiger partial charge in [-0.05, 0) is 11.4 Å². The van der Waals surface area contributed by atoms with E-state index >= 15 is 0 Å². The van der Waals surface area contributed by atoms with Crippen LogP contribution in [0.5, 0.6) is 5.06 Å². The second kappa shape index (κ2) is 4.61. The summed E-state index contributed by atoms with van der Waals surface area (Å²) in [5, 5.41) is 6.51. The van der Waals surface area contributed by atoms with Crippen molar-refractivity contribution >= 4 is 17.0 Å². The van der Waals surface area contributed by atoms with Crippen LogP contribution in [-0.4, -0.2) is 50.4 Å². The predicted octanol–water partition coefficient (Wildman–Crippen LogP) is 1.25. The Morgan fingerprint density at radius 3 is 3.19 bits per heavy atom. The quantitative estimate of drug-likeness (QED) is 0.843. The predicted molar refractivity (Wildman–Crippen MR) is 64.5 cm³/mol. The van der Waals surface area contributed by atoms with E-state index in [-0.39, 0.29) is 6.10 Å². The molecule has 0 bridgehead atoms. The van der Waals surface area contributed by atoms with Crippen molar-refractivity contribution in [3.8, 4) is 5.06 Å². The Kier molecular flexibility index (Phi) is 2.99. The Labute approximate surface area is 99.2 Å². The van der Waals surface area contributed by atoms with Gasteiger partial charge in [-0.1, -0.05) is 0 Å². The van der Waals surface area contributed by atoms with Gasteiger partial charge in [0.15, 0.2) is 5.06 Å². The number of anilines is 1. The number of nitrogens with zero attached hydrogens (tertiary/aromatic N) is 1. The lowest BCUT2D eigenvalue weighted by Crippen LogP contribution is -2.45. The third-order valence-electron chi connectivity index (χ3n) is 2.99. The van der Waals surface area contributed by atoms with Gasteiger partial charge in [0.25, 0.3) is 0 Å². The molecule has 1 atom stereocenters. The first kappa shape index (κ1) is 10.4. The van der Waals surface area contributed by atoms with E-state index in [2.05, 4.69) is 21.7 Å². The molecule has 5 heteroatoms. The SMILES string of the molecule is c1cc2c(s1)OC(CN1CCOCC1)CN2. The van der Waals surface area contributed by atoms with Crippen LogP contribution < -0.4 is 10.1 Å². The lowest BCUT2D eigenvalue weighted by Gasteiger charge is -2.32. The van der Waals surface area contributed by atoms with Crippen LogP contribution in [0.25, 0.3) is 0 Å². The first-order valence-corrected chi connectivity index (χ1v) is 6.58. The molecular weight excluding hydrogens is 224 g/mol. The molecule has 1 aromatic rings. The summed E-state index contributed by atoms with van der Waals surface area (Å²) in [4.78, 5) is 2.41. The highest BCUT2D eigenvalue weighted by Gasteiger charge is 2.23. The summed E-state index contributed by atoms with van der Waals surface area (Å²) in [5.41, 5.74) is 1.14. The Bertz CT molecular complexity index is 350. The number of hydrogen-bond donors (Lipinski definition) is 1. The molecule has 16 heavy (non-hydrogen) atoms. The van der Waals surface area contributed by atoms with E-state index in [1.807, 2.05) is 0 Å². The molecule has 3 heterocycles. The molecule has 2 aliphatic rings. The molecule has 1 saturated heterocycles. The molecule has 1 N–H and O–H groups in total. The van der Waals surface area contributed by atoms with Crippen molar-refractivity contribution in [2.24, 2.45) is 0 Å². The third kappa shape index (κ3) is 2.16. The van der Waals surface area contributed by atoms with E-state index in [4.69, 9.17) is 9.47 Å². The van der Waals surface area contributed by atoms with Crippen molar-refractivity contribution in [1.29, 1.82) is 0 Å². The van der Waals surface area contributed by atoms with Gasteiger partial charge in [-0.25, -0.2) is 0 Å². The van der Waals surface area contributed by atoms with Gasteiger partial charge in [0.05, 0.1) is 25.4 Å². The molecule has 0 aliphatic carbocycles. The highest BCUT2D eigenvalue weighted by atomic mass is 32.1. The monoisotopic (exact) mass is 240 g/mol. The number of thiophene rings is 1. The molecule has 3 rings (SSSR count). The van der Waals surface area contributed by atoms with Gasteiger partial charge in [-0.3, -0.25) is 4.90 Å². The van der Waals surface area contributed by atoms with Crippen LogP contribution in [-0.2, 0) is 4.74 Å². The summed E-state index contributed by atoms with van der Waals surface area (Å²) in [7, 11) is 0. The lowest BCUT2D eigenvalue weighted by molar-refractivity contribution is 0.0208. The average Bonchev–Trinajstić information content (AvgIpc) is 2.77. The minimum Gasteiger partial charge on any atom is -0.476 e. The van der Waals surface area contributed by atoms with Gasteiger partial charge < -0.3 is 14.8 Å². The summed E-state index contributed by atoms with van der Waals surface area (Å²) < 4.78 is 11.3. The smallest absolute Gasteiger partial charge is 0.197 e. The van der Waals surface area contributed by atoms with Crippen LogP contribution >= 0.6 is 11.3 Å². The molecule has 0 spiro atoms. The Morgan fingerprint density at radius 2 is 2.31 bits per heavy atom. The van der Waals surface area contributed by atoms with Crippen LogP contribution in [0.2, 0.25) is 0 Å². The standard InChI is InChI=1S/C11H16N2O2S/c1-6-16-11-10(1)12-7-9(15-11)8-13-2-4-14-5-3-13/h1,6,9,12H,2-5,7-8H2. The zero-order valence-electron chi connectivity index (χ0n) is 9.15. The summed E-state index contributed by atoms with van der Waals surface area (Å²) in [6, 6.07) is 2.07. The van der Waals surface area contributed by atoms with Gasteiger partial charge in [0.1, 0.15) is 6.10 Å². The second-order valence-electron chi connectivity index (χ2n) is 4.16. The van der Waals surface area contributed by atoms with Crippen LogP contribution in [0, 0.1) is 0 Å². The lowest BCUT2D eigenvalue weighted by atomic mass is 10.2. The number of hydrogen-bond acceptors (Lipinski definition) is 5. The fourth-order valence-corrected chi connectivity index (χ4v) is 2.89. The molecule has 0 saturated carbocycles. The van der Waals surface area contributed by atoms with Crippen molar-refractivity contribution < 1.29 is 9.47 Å². The Morgan fingerprint density at radius 1 is 1.44 bits per heavy atom. The molecule has 0 amide bonds. The summed E-state index contributed by atoms with van der Waals surface area (Å²) >= 11 is 1.66. The molecular formula is C11H16N2O2S. The van der Waals surface area contributed by atoms with Crippen molar-refractivity contribution in [1.82, 2.24) is 4.90 Å². The van der Waals surface area contributed by atoms with E-state index in [0.29, 0.717) is 0 Å². The van der Waals surface area contributed by atoms with Crippen LogP contribution in [0.1, 0.15) is 0 Å². The van der Waals surface area contributed by atoms with Crippen molar-refractivity contribution in [3.05, 3.63) is 11.4 Å². The molecule has 2 aliphatic heterocycles. The molecule has 1 unspecified atom stereocenters. The van der Waals surface area contributed by atoms with Gasteiger partial charge in [-0.2, -0.15) is 0 Å². The summed E-state index contributed by atoms with van der Waals surface area (Å²) in [5.74, 6) is 0. The number of morpholine rings is 1. The fraction of sp³-hybridized carbons (Fsp3) is 0.636. The van der Waals surface area contributed by atoms with E-state index < -0.39 is 0 Å². The van der Waals surface area contributed by atoms with E-state index in [1.165, 1.54) is 0 Å². The maximum atomic E-state index is 5.95. The van der Waals surface area contributed by atoms with E-state index in [0.717, 1.165) is 50.1 Å². The zero-order valence-corrected chi connectivity index (χ0v) is 9.96. The number of ether oxygens (including phenoxy) is 2. The fourth-order valence-electron chi connectivity index (χ4n) is 2.11. The summed E-state index contributed by atoms with van der Waals surface area (Å²) in [6.07, 6.45) is 0.268. The van der Waals surface area contributed by atoms with Crippen LogP contribution in [0.4, 0.5) is 5.69 Å². The first-order chi connectivity index (χ1) is 7.92. The van der Waals surface area contributed by atoms with Crippen LogP contribution in [0.3, 0.4) is 0 Å². The highest BCUT2D eigenvalue weighted by molar-refractivity contribution is 7.12. The van der Waals surface area contributed by atoms with E-state index in [9.17, 15) is 0 Å². The Balaban J connectivity index is 1.57. The molecule has 0 radical (unpaired) electrons. The second-order valence-corrected chi connectivity index (χ2v) is 5.03. The highest BCUT2D eigenvalue weighted by Crippen LogP contribution is 2.34. The average molecular weight is 240 g/mol. The van der Waals surface area contributed by atoms with E-state index in [1.54, 1.807) is 11.3 Å². The van der Waals surface area contributed by atoms with Gasteiger partial charge in [0.2, 0.25) is 0 Å². The minimum absolute atomic E-state index is 0.268. The molecule has 1 fully saturated rings. The third-order valence-corrected chi connectivity index (χ3v) is 3.79. The number of fused-ring (bicyclic) bond motifs is 1. The normalized spacial score (nSPS) is 25.6. The minimum atomic E-state index is 0.268. The molecule has 4 nitrogen and oxygen atoms in total. The summed E-state index contributed by atoms with van der Waals surface area (Å²) in [6.45, 7) is 5.65. The van der Waals surface area contributed by atoms with Gasteiger partial charge in [0, 0.05) is 19.6 Å². The van der Waals surface area contributed by atoms with Crippen molar-refractivity contribution in [2.75, 3.05) is 44.7 Å². The number of rotatable bonds is 2. The zero-order chi connectivity index (χ0) is 10.8. The van der Waals surface area contributed by atoms with Crippen molar-refractivity contribution in [2.45, 2.75) is 6.10 Å². The van der Waals surface area contributed by atoms with Gasteiger partial charge >= 0.3 is 0 Å². The molecule has 88 valence electrons. The van der Waals surface area contributed by atoms with Crippen molar-refractivity contribution in [3.63, 3.8) is 0 Å². The largest absolute Gasteiger partial charge is 0.476 e.